The molecule has 3 aromatic carbocycles. The van der Waals surface area contributed by atoms with Gasteiger partial charge in [-0.05, 0) is 66.4 Å². The SMILES string of the molecule is CN=S(=O)(NCCN1c2ccccc2CCc2ccc(Cl)cc21)c1ccc(Cl)cc1. The molecule has 1 unspecified atom stereocenters. The molecule has 4 nitrogen and oxygen atoms in total. The van der Waals surface area contributed by atoms with Crippen LogP contribution in [0.2, 0.25) is 10.0 Å². The van der Waals surface area contributed by atoms with Crippen LogP contribution >= 0.6 is 23.2 Å². The summed E-state index contributed by atoms with van der Waals surface area (Å²) in [6.07, 6.45) is 1.93. The normalized spacial score (nSPS) is 15.0. The third-order valence-corrected chi connectivity index (χ3v) is 7.82. The summed E-state index contributed by atoms with van der Waals surface area (Å²) in [6.45, 7) is 1.11. The van der Waals surface area contributed by atoms with Crippen molar-refractivity contribution in [3.63, 3.8) is 0 Å². The molecule has 0 amide bonds. The molecule has 1 atom stereocenters. The topological polar surface area (TPSA) is 44.7 Å². The molecule has 3 aromatic rings. The first-order chi connectivity index (χ1) is 14.5. The first-order valence-corrected chi connectivity index (χ1v) is 12.1. The Kier molecular flexibility index (Phi) is 6.34. The minimum atomic E-state index is -2.73. The summed E-state index contributed by atoms with van der Waals surface area (Å²) in [5.41, 5.74) is 4.81. The molecule has 1 aliphatic heterocycles. The van der Waals surface area contributed by atoms with E-state index in [4.69, 9.17) is 23.2 Å². The number of benzene rings is 3. The fourth-order valence-corrected chi connectivity index (χ4v) is 5.47. The van der Waals surface area contributed by atoms with Gasteiger partial charge < -0.3 is 4.90 Å². The van der Waals surface area contributed by atoms with Gasteiger partial charge in [-0.3, -0.25) is 0 Å². The number of para-hydroxylation sites is 1. The van der Waals surface area contributed by atoms with Gasteiger partial charge in [-0.25, -0.2) is 13.3 Å². The molecular formula is C23H23Cl2N3OS. The van der Waals surface area contributed by atoms with Crippen molar-refractivity contribution in [2.24, 2.45) is 4.36 Å². The van der Waals surface area contributed by atoms with Gasteiger partial charge in [0.1, 0.15) is 9.92 Å². The second-order valence-electron chi connectivity index (χ2n) is 7.11. The summed E-state index contributed by atoms with van der Waals surface area (Å²) in [4.78, 5) is 2.88. The van der Waals surface area contributed by atoms with Gasteiger partial charge in [-0.15, -0.1) is 0 Å². The van der Waals surface area contributed by atoms with E-state index in [2.05, 4.69) is 38.3 Å². The number of anilines is 2. The standard InChI is InChI=1S/C23H23Cl2N3OS/c1-26-30(29,21-12-10-19(24)11-13-21)27-14-15-28-22-5-3-2-4-17(22)6-7-18-8-9-20(25)16-23(18)28/h2-5,8-13,16H,6-7,14-15H2,1H3,(H,26,27,29). The maximum Gasteiger partial charge on any atom is 0.137 e. The molecule has 30 heavy (non-hydrogen) atoms. The molecule has 0 aliphatic carbocycles. The first kappa shape index (κ1) is 21.2. The van der Waals surface area contributed by atoms with E-state index in [9.17, 15) is 4.21 Å². The lowest BCUT2D eigenvalue weighted by atomic mass is 10.0. The minimum Gasteiger partial charge on any atom is -0.340 e. The molecule has 1 heterocycles. The number of nitrogens with zero attached hydrogens (tertiary/aromatic N) is 2. The van der Waals surface area contributed by atoms with Crippen LogP contribution in [0.1, 0.15) is 11.1 Å². The zero-order valence-electron chi connectivity index (χ0n) is 16.6. The van der Waals surface area contributed by atoms with Crippen LogP contribution in [0.25, 0.3) is 0 Å². The first-order valence-electron chi connectivity index (χ1n) is 9.79. The third kappa shape index (κ3) is 4.35. The van der Waals surface area contributed by atoms with Gasteiger partial charge in [0.05, 0.1) is 4.90 Å². The van der Waals surface area contributed by atoms with E-state index in [0.717, 1.165) is 24.2 Å². The van der Waals surface area contributed by atoms with E-state index < -0.39 is 9.92 Å². The number of hydrogen-bond acceptors (Lipinski definition) is 3. The highest BCUT2D eigenvalue weighted by atomic mass is 35.5. The third-order valence-electron chi connectivity index (χ3n) is 5.31. The van der Waals surface area contributed by atoms with Crippen LogP contribution in [0.15, 0.2) is 76.0 Å². The molecule has 0 saturated carbocycles. The van der Waals surface area contributed by atoms with Crippen molar-refractivity contribution in [1.82, 2.24) is 4.72 Å². The summed E-state index contributed by atoms with van der Waals surface area (Å²) >= 11 is 12.3. The highest BCUT2D eigenvalue weighted by molar-refractivity contribution is 7.91. The second-order valence-corrected chi connectivity index (χ2v) is 10.2. The van der Waals surface area contributed by atoms with Gasteiger partial charge in [0, 0.05) is 41.6 Å². The quantitative estimate of drug-likeness (QED) is 0.516. The lowest BCUT2D eigenvalue weighted by molar-refractivity contribution is 0.663. The van der Waals surface area contributed by atoms with Crippen LogP contribution in [0.3, 0.4) is 0 Å². The fraction of sp³-hybridized carbons (Fsp3) is 0.217. The Labute approximate surface area is 188 Å². The predicted octanol–water partition coefficient (Wildman–Crippen LogP) is 5.89. The Hall–Kier alpha value is -2.05. The molecule has 4 rings (SSSR count). The molecule has 0 saturated heterocycles. The molecule has 0 aromatic heterocycles. The Balaban J connectivity index is 1.62. The van der Waals surface area contributed by atoms with Gasteiger partial charge in [0.2, 0.25) is 0 Å². The average Bonchev–Trinajstić information content (AvgIpc) is 2.91. The van der Waals surface area contributed by atoms with Crippen molar-refractivity contribution in [3.05, 3.63) is 87.9 Å². The van der Waals surface area contributed by atoms with Gasteiger partial charge in [0.25, 0.3) is 0 Å². The van der Waals surface area contributed by atoms with E-state index in [-0.39, 0.29) is 0 Å². The smallest absolute Gasteiger partial charge is 0.137 e. The number of hydrogen-bond donors (Lipinski definition) is 1. The van der Waals surface area contributed by atoms with Crippen molar-refractivity contribution in [1.29, 1.82) is 0 Å². The van der Waals surface area contributed by atoms with E-state index in [1.165, 1.54) is 11.1 Å². The number of rotatable bonds is 5. The van der Waals surface area contributed by atoms with Crippen molar-refractivity contribution in [2.45, 2.75) is 17.7 Å². The van der Waals surface area contributed by atoms with Crippen molar-refractivity contribution in [3.8, 4) is 0 Å². The summed E-state index contributed by atoms with van der Waals surface area (Å²) in [5.74, 6) is 0. The van der Waals surface area contributed by atoms with E-state index in [1.807, 2.05) is 18.2 Å². The van der Waals surface area contributed by atoms with Gasteiger partial charge in [0.15, 0.2) is 0 Å². The zero-order valence-corrected chi connectivity index (χ0v) is 19.0. The van der Waals surface area contributed by atoms with Crippen LogP contribution in [0.4, 0.5) is 11.4 Å². The summed E-state index contributed by atoms with van der Waals surface area (Å²) in [5, 5.41) is 1.31. The average molecular weight is 460 g/mol. The Morgan fingerprint density at radius 2 is 1.60 bits per heavy atom. The fourth-order valence-electron chi connectivity index (χ4n) is 3.79. The number of halogens is 2. The van der Waals surface area contributed by atoms with Crippen molar-refractivity contribution in [2.75, 3.05) is 25.0 Å². The van der Waals surface area contributed by atoms with Gasteiger partial charge in [-0.1, -0.05) is 47.5 Å². The molecule has 156 valence electrons. The van der Waals surface area contributed by atoms with Crippen molar-refractivity contribution >= 4 is 44.5 Å². The molecule has 1 aliphatic rings. The largest absolute Gasteiger partial charge is 0.340 e. The number of aryl methyl sites for hydroxylation is 2. The lowest BCUT2D eigenvalue weighted by Crippen LogP contribution is -2.33. The maximum absolute atomic E-state index is 13.4. The Bertz CT molecular complexity index is 1170. The Morgan fingerprint density at radius 1 is 0.933 bits per heavy atom. The summed E-state index contributed by atoms with van der Waals surface area (Å²) in [6, 6.07) is 21.4. The van der Waals surface area contributed by atoms with E-state index in [0.29, 0.717) is 28.0 Å². The second kappa shape index (κ2) is 8.98. The minimum absolute atomic E-state index is 0.485. The molecule has 0 spiro atoms. The van der Waals surface area contributed by atoms with Crippen LogP contribution in [-0.2, 0) is 22.8 Å². The molecule has 0 radical (unpaired) electrons. The monoisotopic (exact) mass is 459 g/mol. The summed E-state index contributed by atoms with van der Waals surface area (Å²) in [7, 11) is -1.16. The maximum atomic E-state index is 13.4. The predicted molar refractivity (Wildman–Crippen MR) is 127 cm³/mol. The highest BCUT2D eigenvalue weighted by Gasteiger charge is 2.21. The number of fused-ring (bicyclic) bond motifs is 2. The lowest BCUT2D eigenvalue weighted by Gasteiger charge is -2.27. The Morgan fingerprint density at radius 3 is 2.33 bits per heavy atom. The van der Waals surface area contributed by atoms with Gasteiger partial charge >= 0.3 is 0 Å². The van der Waals surface area contributed by atoms with Crippen LogP contribution < -0.4 is 9.62 Å². The van der Waals surface area contributed by atoms with E-state index >= 15 is 0 Å². The van der Waals surface area contributed by atoms with Crippen LogP contribution in [0.5, 0.6) is 0 Å². The summed E-state index contributed by atoms with van der Waals surface area (Å²) < 4.78 is 20.7. The molecular weight excluding hydrogens is 437 g/mol. The van der Waals surface area contributed by atoms with Gasteiger partial charge in [-0.2, -0.15) is 0 Å². The van der Waals surface area contributed by atoms with E-state index in [1.54, 1.807) is 31.3 Å². The van der Waals surface area contributed by atoms with Crippen molar-refractivity contribution < 1.29 is 4.21 Å². The van der Waals surface area contributed by atoms with Crippen LogP contribution in [-0.4, -0.2) is 24.3 Å². The van der Waals surface area contributed by atoms with Crippen LogP contribution in [0, 0.1) is 0 Å². The molecule has 7 heteroatoms. The number of nitrogens with one attached hydrogen (secondary N) is 1. The zero-order chi connectivity index (χ0) is 21.1. The molecule has 0 fully saturated rings. The molecule has 1 N–H and O–H groups in total. The molecule has 0 bridgehead atoms. The highest BCUT2D eigenvalue weighted by Crippen LogP contribution is 2.37.